The second-order valence-corrected chi connectivity index (χ2v) is 5.27. The van der Waals surface area contributed by atoms with Gasteiger partial charge in [0.25, 0.3) is 0 Å². The number of carbonyl (C=O) groups is 2. The van der Waals surface area contributed by atoms with Crippen LogP contribution < -0.4 is 16.0 Å². The highest BCUT2D eigenvalue weighted by Crippen LogP contribution is 2.13. The molecule has 108 valence electrons. The summed E-state index contributed by atoms with van der Waals surface area (Å²) in [5, 5.41) is 8.31. The van der Waals surface area contributed by atoms with Crippen LogP contribution in [-0.4, -0.2) is 44.2 Å². The SMILES string of the molecule is O=C(CNC(=O)C1COCCN1)Nc1ccc(Br)cc1. The van der Waals surface area contributed by atoms with Gasteiger partial charge in [0.1, 0.15) is 6.04 Å². The summed E-state index contributed by atoms with van der Waals surface area (Å²) in [6.45, 7) is 1.52. The van der Waals surface area contributed by atoms with Crippen LogP contribution in [0.25, 0.3) is 0 Å². The molecular formula is C13H16BrN3O3. The number of morpholine rings is 1. The summed E-state index contributed by atoms with van der Waals surface area (Å²) in [6.07, 6.45) is 0. The highest BCUT2D eigenvalue weighted by Gasteiger charge is 2.21. The zero-order chi connectivity index (χ0) is 14.4. The molecule has 0 saturated carbocycles. The van der Waals surface area contributed by atoms with Crippen molar-refractivity contribution in [2.75, 3.05) is 31.6 Å². The first-order chi connectivity index (χ1) is 9.65. The van der Waals surface area contributed by atoms with E-state index in [1.807, 2.05) is 12.1 Å². The molecule has 0 bridgehead atoms. The number of carbonyl (C=O) groups excluding carboxylic acids is 2. The molecule has 1 aliphatic heterocycles. The molecule has 1 heterocycles. The van der Waals surface area contributed by atoms with Gasteiger partial charge >= 0.3 is 0 Å². The largest absolute Gasteiger partial charge is 0.378 e. The molecule has 6 nitrogen and oxygen atoms in total. The Hall–Kier alpha value is -1.44. The minimum absolute atomic E-state index is 0.0624. The summed E-state index contributed by atoms with van der Waals surface area (Å²) in [7, 11) is 0. The van der Waals surface area contributed by atoms with Gasteiger partial charge in [0.05, 0.1) is 19.8 Å². The minimum atomic E-state index is -0.385. The van der Waals surface area contributed by atoms with E-state index in [0.717, 1.165) is 4.47 Å². The van der Waals surface area contributed by atoms with Crippen LogP contribution in [0.4, 0.5) is 5.69 Å². The molecule has 1 atom stereocenters. The van der Waals surface area contributed by atoms with Crippen LogP contribution in [0.3, 0.4) is 0 Å². The Morgan fingerprint density at radius 3 is 2.75 bits per heavy atom. The topological polar surface area (TPSA) is 79.5 Å². The van der Waals surface area contributed by atoms with E-state index in [0.29, 0.717) is 25.4 Å². The Morgan fingerprint density at radius 2 is 2.10 bits per heavy atom. The smallest absolute Gasteiger partial charge is 0.243 e. The van der Waals surface area contributed by atoms with E-state index in [4.69, 9.17) is 4.74 Å². The third kappa shape index (κ3) is 4.59. The number of hydrogen-bond donors (Lipinski definition) is 3. The molecule has 2 rings (SSSR count). The number of benzene rings is 1. The molecule has 2 amide bonds. The van der Waals surface area contributed by atoms with Gasteiger partial charge in [0.2, 0.25) is 11.8 Å². The van der Waals surface area contributed by atoms with Crippen molar-refractivity contribution in [1.82, 2.24) is 10.6 Å². The molecule has 0 radical (unpaired) electrons. The van der Waals surface area contributed by atoms with Crippen LogP contribution in [0.2, 0.25) is 0 Å². The van der Waals surface area contributed by atoms with E-state index in [9.17, 15) is 9.59 Å². The first kappa shape index (κ1) is 15.0. The third-order valence-corrected chi connectivity index (χ3v) is 3.32. The first-order valence-electron chi connectivity index (χ1n) is 6.29. The van der Waals surface area contributed by atoms with E-state index in [-0.39, 0.29) is 24.4 Å². The van der Waals surface area contributed by atoms with E-state index in [1.54, 1.807) is 12.1 Å². The van der Waals surface area contributed by atoms with Crippen molar-refractivity contribution < 1.29 is 14.3 Å². The molecule has 1 fully saturated rings. The molecule has 1 aliphatic rings. The van der Waals surface area contributed by atoms with Gasteiger partial charge in [-0.2, -0.15) is 0 Å². The quantitative estimate of drug-likeness (QED) is 0.744. The van der Waals surface area contributed by atoms with Crippen LogP contribution in [0, 0.1) is 0 Å². The van der Waals surface area contributed by atoms with Crippen LogP contribution >= 0.6 is 15.9 Å². The van der Waals surface area contributed by atoms with Crippen molar-refractivity contribution in [3.8, 4) is 0 Å². The number of ether oxygens (including phenoxy) is 1. The summed E-state index contributed by atoms with van der Waals surface area (Å²) >= 11 is 3.32. The highest BCUT2D eigenvalue weighted by molar-refractivity contribution is 9.10. The number of halogens is 1. The van der Waals surface area contributed by atoms with Crippen molar-refractivity contribution in [2.24, 2.45) is 0 Å². The van der Waals surface area contributed by atoms with Crippen LogP contribution in [0.5, 0.6) is 0 Å². The lowest BCUT2D eigenvalue weighted by Crippen LogP contribution is -2.52. The van der Waals surface area contributed by atoms with Gasteiger partial charge in [0.15, 0.2) is 0 Å². The fraction of sp³-hybridized carbons (Fsp3) is 0.385. The molecule has 1 saturated heterocycles. The fourth-order valence-corrected chi connectivity index (χ4v) is 2.03. The Labute approximate surface area is 125 Å². The number of hydrogen-bond acceptors (Lipinski definition) is 4. The summed E-state index contributed by atoms with van der Waals surface area (Å²) in [5.74, 6) is -0.493. The summed E-state index contributed by atoms with van der Waals surface area (Å²) in [4.78, 5) is 23.5. The zero-order valence-electron chi connectivity index (χ0n) is 10.8. The normalized spacial score (nSPS) is 18.4. The molecule has 0 aromatic heterocycles. The molecule has 0 spiro atoms. The second-order valence-electron chi connectivity index (χ2n) is 4.35. The van der Waals surface area contributed by atoms with Crippen LogP contribution in [0.1, 0.15) is 0 Å². The van der Waals surface area contributed by atoms with E-state index in [1.165, 1.54) is 0 Å². The molecule has 3 N–H and O–H groups in total. The lowest BCUT2D eigenvalue weighted by atomic mass is 10.2. The summed E-state index contributed by atoms with van der Waals surface area (Å²) in [6, 6.07) is 6.83. The van der Waals surface area contributed by atoms with Crippen LogP contribution in [0.15, 0.2) is 28.7 Å². The van der Waals surface area contributed by atoms with Gasteiger partial charge in [-0.15, -0.1) is 0 Å². The van der Waals surface area contributed by atoms with E-state index in [2.05, 4.69) is 31.9 Å². The van der Waals surface area contributed by atoms with Crippen molar-refractivity contribution in [3.63, 3.8) is 0 Å². The fourth-order valence-electron chi connectivity index (χ4n) is 1.76. The minimum Gasteiger partial charge on any atom is -0.378 e. The maximum atomic E-state index is 11.8. The molecule has 1 aromatic rings. The number of anilines is 1. The molecule has 7 heteroatoms. The average molecular weight is 342 g/mol. The number of rotatable bonds is 4. The van der Waals surface area contributed by atoms with Crippen LogP contribution in [-0.2, 0) is 14.3 Å². The van der Waals surface area contributed by atoms with E-state index < -0.39 is 0 Å². The van der Waals surface area contributed by atoms with Gasteiger partial charge in [-0.25, -0.2) is 0 Å². The van der Waals surface area contributed by atoms with Crippen molar-refractivity contribution >= 4 is 33.4 Å². The van der Waals surface area contributed by atoms with E-state index >= 15 is 0 Å². The molecule has 0 aliphatic carbocycles. The predicted octanol–water partition coefficient (Wildman–Crippen LogP) is 0.492. The first-order valence-corrected chi connectivity index (χ1v) is 7.09. The van der Waals surface area contributed by atoms with Gasteiger partial charge in [-0.3, -0.25) is 9.59 Å². The maximum absolute atomic E-state index is 11.8. The van der Waals surface area contributed by atoms with Crippen molar-refractivity contribution in [1.29, 1.82) is 0 Å². The predicted molar refractivity (Wildman–Crippen MR) is 78.4 cm³/mol. The maximum Gasteiger partial charge on any atom is 0.243 e. The lowest BCUT2D eigenvalue weighted by Gasteiger charge is -2.22. The molecule has 20 heavy (non-hydrogen) atoms. The Morgan fingerprint density at radius 1 is 1.35 bits per heavy atom. The Bertz CT molecular complexity index is 472. The lowest BCUT2D eigenvalue weighted by molar-refractivity contribution is -0.128. The van der Waals surface area contributed by atoms with Gasteiger partial charge in [-0.05, 0) is 24.3 Å². The third-order valence-electron chi connectivity index (χ3n) is 2.79. The summed E-state index contributed by atoms with van der Waals surface area (Å²) in [5.41, 5.74) is 0.687. The van der Waals surface area contributed by atoms with Crippen molar-refractivity contribution in [3.05, 3.63) is 28.7 Å². The average Bonchev–Trinajstić information content (AvgIpc) is 2.48. The molecular weight excluding hydrogens is 326 g/mol. The second kappa shape index (κ2) is 7.37. The Balaban J connectivity index is 1.74. The van der Waals surface area contributed by atoms with Crippen molar-refractivity contribution in [2.45, 2.75) is 6.04 Å². The molecule has 1 unspecified atom stereocenters. The van der Waals surface area contributed by atoms with Gasteiger partial charge in [-0.1, -0.05) is 15.9 Å². The zero-order valence-corrected chi connectivity index (χ0v) is 12.4. The number of nitrogens with one attached hydrogen (secondary N) is 3. The summed E-state index contributed by atoms with van der Waals surface area (Å²) < 4.78 is 6.13. The number of amides is 2. The molecule has 1 aromatic carbocycles. The van der Waals surface area contributed by atoms with Gasteiger partial charge < -0.3 is 20.7 Å². The monoisotopic (exact) mass is 341 g/mol. The highest BCUT2D eigenvalue weighted by atomic mass is 79.9. The standard InChI is InChI=1S/C13H16BrN3O3/c14-9-1-3-10(4-2-9)17-12(18)7-16-13(19)11-8-20-6-5-15-11/h1-4,11,15H,5-8H2,(H,16,19)(H,17,18). The van der Waals surface area contributed by atoms with Gasteiger partial charge in [0, 0.05) is 16.7 Å². The Kier molecular flexibility index (Phi) is 5.51.